The Morgan fingerprint density at radius 2 is 2.40 bits per heavy atom. The first-order valence-corrected chi connectivity index (χ1v) is 7.00. The van der Waals surface area contributed by atoms with E-state index in [4.69, 9.17) is 0 Å². The fourth-order valence-corrected chi connectivity index (χ4v) is 2.60. The van der Waals surface area contributed by atoms with E-state index in [0.717, 1.165) is 25.9 Å². The molecule has 1 aliphatic rings. The van der Waals surface area contributed by atoms with Gasteiger partial charge in [0.15, 0.2) is 0 Å². The molecule has 0 spiro atoms. The zero-order valence-electron chi connectivity index (χ0n) is 11.7. The fourth-order valence-electron chi connectivity index (χ4n) is 2.60. The number of carbonyl (C=O) groups excluding carboxylic acids is 1. The Bertz CT molecular complexity index is 465. The molecule has 0 aromatic heterocycles. The van der Waals surface area contributed by atoms with Crippen molar-refractivity contribution >= 4 is 11.6 Å². The number of carbonyl (C=O) groups is 1. The van der Waals surface area contributed by atoms with Crippen molar-refractivity contribution in [3.63, 3.8) is 0 Å². The zero-order valence-corrected chi connectivity index (χ0v) is 11.7. The number of benzene rings is 1. The minimum absolute atomic E-state index is 0.151. The van der Waals surface area contributed by atoms with Gasteiger partial charge in [-0.15, -0.1) is 0 Å². The van der Waals surface area contributed by atoms with Crippen LogP contribution in [0.3, 0.4) is 0 Å². The molecule has 2 atom stereocenters. The molecule has 0 bridgehead atoms. The second-order valence-electron chi connectivity index (χ2n) is 5.44. The number of hydrogen-bond acceptors (Lipinski definition) is 3. The summed E-state index contributed by atoms with van der Waals surface area (Å²) >= 11 is 0. The second-order valence-corrected chi connectivity index (χ2v) is 5.44. The molecule has 1 amide bonds. The molecule has 1 saturated heterocycles. The number of nitrogens with zero attached hydrogens (tertiary/aromatic N) is 1. The minimum atomic E-state index is -0.366. The molecule has 20 heavy (non-hydrogen) atoms. The summed E-state index contributed by atoms with van der Waals surface area (Å²) in [7, 11) is 0. The van der Waals surface area contributed by atoms with Gasteiger partial charge in [-0.1, -0.05) is 6.07 Å². The molecule has 0 radical (unpaired) electrons. The highest BCUT2D eigenvalue weighted by molar-refractivity contribution is 5.92. The van der Waals surface area contributed by atoms with Gasteiger partial charge in [0, 0.05) is 12.2 Å². The fraction of sp³-hybridized carbons (Fsp3) is 0.533. The van der Waals surface area contributed by atoms with Crippen LogP contribution in [0, 0.1) is 11.7 Å². The van der Waals surface area contributed by atoms with Gasteiger partial charge in [0.1, 0.15) is 5.82 Å². The van der Waals surface area contributed by atoms with Crippen LogP contribution in [0.4, 0.5) is 10.1 Å². The van der Waals surface area contributed by atoms with Crippen LogP contribution >= 0.6 is 0 Å². The lowest BCUT2D eigenvalue weighted by Crippen LogP contribution is -2.43. The van der Waals surface area contributed by atoms with Gasteiger partial charge in [-0.05, 0) is 50.4 Å². The summed E-state index contributed by atoms with van der Waals surface area (Å²) in [4.78, 5) is 14.0. The molecule has 2 N–H and O–H groups in total. The lowest BCUT2D eigenvalue weighted by Gasteiger charge is -2.33. The van der Waals surface area contributed by atoms with E-state index < -0.39 is 0 Å². The summed E-state index contributed by atoms with van der Waals surface area (Å²) in [5, 5.41) is 12.3. The van der Waals surface area contributed by atoms with Gasteiger partial charge < -0.3 is 10.4 Å². The van der Waals surface area contributed by atoms with Crippen LogP contribution in [0.2, 0.25) is 0 Å². The molecule has 5 heteroatoms. The Morgan fingerprint density at radius 3 is 3.10 bits per heavy atom. The SMILES string of the molecule is CC(O)C1CCCN(CC(=O)Nc2cccc(F)c2)C1. The topological polar surface area (TPSA) is 52.6 Å². The average molecular weight is 280 g/mol. The summed E-state index contributed by atoms with van der Waals surface area (Å²) in [6, 6.07) is 5.87. The monoisotopic (exact) mass is 280 g/mol. The van der Waals surface area contributed by atoms with Crippen molar-refractivity contribution in [2.75, 3.05) is 25.0 Å². The molecule has 1 aromatic carbocycles. The number of nitrogens with one attached hydrogen (secondary N) is 1. The quantitative estimate of drug-likeness (QED) is 0.885. The van der Waals surface area contributed by atoms with Gasteiger partial charge in [0.05, 0.1) is 12.6 Å². The van der Waals surface area contributed by atoms with E-state index in [-0.39, 0.29) is 30.3 Å². The number of piperidine rings is 1. The maximum absolute atomic E-state index is 13.0. The molecular weight excluding hydrogens is 259 g/mol. The van der Waals surface area contributed by atoms with Crippen LogP contribution in [0.15, 0.2) is 24.3 Å². The van der Waals surface area contributed by atoms with E-state index in [9.17, 15) is 14.3 Å². The van der Waals surface area contributed by atoms with E-state index in [0.29, 0.717) is 5.69 Å². The third-order valence-electron chi connectivity index (χ3n) is 3.70. The molecule has 2 rings (SSSR count). The third kappa shape index (κ3) is 4.28. The van der Waals surface area contributed by atoms with Gasteiger partial charge in [-0.3, -0.25) is 9.69 Å². The number of halogens is 1. The van der Waals surface area contributed by atoms with Gasteiger partial charge in [0.2, 0.25) is 5.91 Å². The Balaban J connectivity index is 1.85. The smallest absolute Gasteiger partial charge is 0.238 e. The van der Waals surface area contributed by atoms with Crippen molar-refractivity contribution in [2.24, 2.45) is 5.92 Å². The molecule has 2 unspecified atom stereocenters. The van der Waals surface area contributed by atoms with Crippen molar-refractivity contribution in [3.8, 4) is 0 Å². The molecule has 1 fully saturated rings. The van der Waals surface area contributed by atoms with Crippen LogP contribution in [-0.2, 0) is 4.79 Å². The Hall–Kier alpha value is -1.46. The van der Waals surface area contributed by atoms with Crippen molar-refractivity contribution in [3.05, 3.63) is 30.1 Å². The molecule has 1 aromatic rings. The summed E-state index contributed by atoms with van der Waals surface area (Å²) in [5.74, 6) is -0.289. The minimum Gasteiger partial charge on any atom is -0.393 e. The summed E-state index contributed by atoms with van der Waals surface area (Å²) in [6.45, 7) is 3.66. The largest absolute Gasteiger partial charge is 0.393 e. The first-order valence-electron chi connectivity index (χ1n) is 7.00. The number of aliphatic hydroxyl groups is 1. The lowest BCUT2D eigenvalue weighted by molar-refractivity contribution is -0.118. The predicted molar refractivity (Wildman–Crippen MR) is 75.9 cm³/mol. The first kappa shape index (κ1) is 14.9. The van der Waals surface area contributed by atoms with Gasteiger partial charge >= 0.3 is 0 Å². The highest BCUT2D eigenvalue weighted by Gasteiger charge is 2.24. The second kappa shape index (κ2) is 6.81. The molecule has 1 heterocycles. The van der Waals surface area contributed by atoms with Crippen LogP contribution < -0.4 is 5.32 Å². The summed E-state index contributed by atoms with van der Waals surface area (Å²) < 4.78 is 13.0. The molecule has 1 aliphatic heterocycles. The lowest BCUT2D eigenvalue weighted by atomic mass is 9.93. The molecule has 110 valence electrons. The van der Waals surface area contributed by atoms with Crippen LogP contribution in [0.25, 0.3) is 0 Å². The Labute approximate surface area is 118 Å². The standard InChI is InChI=1S/C15H21FN2O2/c1-11(19)12-4-3-7-18(9-12)10-15(20)17-14-6-2-5-13(16)8-14/h2,5-6,8,11-12,19H,3-4,7,9-10H2,1H3,(H,17,20). The van der Waals surface area contributed by atoms with E-state index in [1.165, 1.54) is 12.1 Å². The van der Waals surface area contributed by atoms with E-state index >= 15 is 0 Å². The molecule has 0 aliphatic carbocycles. The number of aliphatic hydroxyl groups excluding tert-OH is 1. The van der Waals surface area contributed by atoms with Gasteiger partial charge in [-0.25, -0.2) is 4.39 Å². The number of likely N-dealkylation sites (tertiary alicyclic amines) is 1. The van der Waals surface area contributed by atoms with Crippen molar-refractivity contribution in [1.82, 2.24) is 4.90 Å². The molecule has 4 nitrogen and oxygen atoms in total. The number of hydrogen-bond donors (Lipinski definition) is 2. The van der Waals surface area contributed by atoms with E-state index in [2.05, 4.69) is 5.32 Å². The Morgan fingerprint density at radius 1 is 1.60 bits per heavy atom. The summed E-state index contributed by atoms with van der Waals surface area (Å²) in [6.07, 6.45) is 1.65. The normalized spacial score (nSPS) is 21.4. The number of amides is 1. The first-order chi connectivity index (χ1) is 9.54. The Kier molecular flexibility index (Phi) is 5.09. The van der Waals surface area contributed by atoms with Crippen LogP contribution in [0.5, 0.6) is 0 Å². The average Bonchev–Trinajstić information content (AvgIpc) is 2.38. The van der Waals surface area contributed by atoms with Gasteiger partial charge in [-0.2, -0.15) is 0 Å². The van der Waals surface area contributed by atoms with Crippen molar-refractivity contribution in [1.29, 1.82) is 0 Å². The summed E-state index contributed by atoms with van der Waals surface area (Å²) in [5.41, 5.74) is 0.471. The highest BCUT2D eigenvalue weighted by atomic mass is 19.1. The van der Waals surface area contributed by atoms with E-state index in [1.807, 2.05) is 4.90 Å². The number of anilines is 1. The van der Waals surface area contributed by atoms with E-state index in [1.54, 1.807) is 19.1 Å². The molecular formula is C15H21FN2O2. The van der Waals surface area contributed by atoms with Gasteiger partial charge in [0.25, 0.3) is 0 Å². The van der Waals surface area contributed by atoms with Crippen molar-refractivity contribution < 1.29 is 14.3 Å². The van der Waals surface area contributed by atoms with Crippen LogP contribution in [-0.4, -0.2) is 41.7 Å². The zero-order chi connectivity index (χ0) is 14.5. The molecule has 0 saturated carbocycles. The van der Waals surface area contributed by atoms with Crippen molar-refractivity contribution in [2.45, 2.75) is 25.9 Å². The van der Waals surface area contributed by atoms with Crippen LogP contribution in [0.1, 0.15) is 19.8 Å². The number of rotatable bonds is 4. The maximum Gasteiger partial charge on any atom is 0.238 e. The maximum atomic E-state index is 13.0. The predicted octanol–water partition coefficient (Wildman–Crippen LogP) is 1.86. The third-order valence-corrected chi connectivity index (χ3v) is 3.70. The highest BCUT2D eigenvalue weighted by Crippen LogP contribution is 2.19.